The first-order chi connectivity index (χ1) is 10.0. The zero-order valence-electron chi connectivity index (χ0n) is 12.9. The van der Waals surface area contributed by atoms with E-state index in [1.165, 1.54) is 12.1 Å². The van der Waals surface area contributed by atoms with Crippen molar-refractivity contribution in [2.24, 2.45) is 11.7 Å². The lowest BCUT2D eigenvalue weighted by molar-refractivity contribution is 0.0912. The molecule has 1 aromatic rings. The number of halogens is 2. The SMILES string of the molecule is CC(C)CN1CCN(C(CN)c2ccc(F)cc2Cl)CC1. The summed E-state index contributed by atoms with van der Waals surface area (Å²) >= 11 is 6.19. The van der Waals surface area contributed by atoms with Crippen LogP contribution >= 0.6 is 11.6 Å². The van der Waals surface area contributed by atoms with Gasteiger partial charge in [-0.1, -0.05) is 31.5 Å². The van der Waals surface area contributed by atoms with Gasteiger partial charge >= 0.3 is 0 Å². The highest BCUT2D eigenvalue weighted by atomic mass is 35.5. The van der Waals surface area contributed by atoms with Crippen LogP contribution in [0.5, 0.6) is 0 Å². The van der Waals surface area contributed by atoms with Crippen LogP contribution in [0.2, 0.25) is 5.02 Å². The molecule has 0 spiro atoms. The van der Waals surface area contributed by atoms with Gasteiger partial charge in [0.2, 0.25) is 0 Å². The number of hydrogen-bond acceptors (Lipinski definition) is 3. The smallest absolute Gasteiger partial charge is 0.124 e. The monoisotopic (exact) mass is 313 g/mol. The predicted molar refractivity (Wildman–Crippen MR) is 86.1 cm³/mol. The van der Waals surface area contributed by atoms with Crippen LogP contribution in [0, 0.1) is 11.7 Å². The van der Waals surface area contributed by atoms with Crippen molar-refractivity contribution in [3.8, 4) is 0 Å². The van der Waals surface area contributed by atoms with Gasteiger partial charge in [0.1, 0.15) is 5.82 Å². The van der Waals surface area contributed by atoms with Crippen molar-refractivity contribution in [2.75, 3.05) is 39.3 Å². The van der Waals surface area contributed by atoms with Crippen LogP contribution < -0.4 is 5.73 Å². The van der Waals surface area contributed by atoms with Gasteiger partial charge in [-0.25, -0.2) is 4.39 Å². The lowest BCUT2D eigenvalue weighted by Gasteiger charge is -2.39. The number of nitrogens with zero attached hydrogens (tertiary/aromatic N) is 2. The van der Waals surface area contributed by atoms with Crippen molar-refractivity contribution < 1.29 is 4.39 Å². The first kappa shape index (κ1) is 16.7. The number of nitrogens with two attached hydrogens (primary N) is 1. The van der Waals surface area contributed by atoms with Gasteiger partial charge in [-0.15, -0.1) is 0 Å². The van der Waals surface area contributed by atoms with E-state index in [9.17, 15) is 4.39 Å². The zero-order chi connectivity index (χ0) is 15.4. The molecule has 1 aliphatic rings. The van der Waals surface area contributed by atoms with Crippen molar-refractivity contribution in [1.29, 1.82) is 0 Å². The van der Waals surface area contributed by atoms with Gasteiger partial charge in [0.15, 0.2) is 0 Å². The maximum Gasteiger partial charge on any atom is 0.124 e. The van der Waals surface area contributed by atoms with E-state index in [-0.39, 0.29) is 11.9 Å². The molecule has 1 atom stereocenters. The highest BCUT2D eigenvalue weighted by Crippen LogP contribution is 2.28. The van der Waals surface area contributed by atoms with Gasteiger partial charge in [0.05, 0.1) is 0 Å². The Balaban J connectivity index is 2.02. The molecule has 0 aromatic heterocycles. The maximum absolute atomic E-state index is 13.2. The standard InChI is InChI=1S/C16H25ClFN3/c1-12(2)11-20-5-7-21(8-6-20)16(10-19)14-4-3-13(18)9-15(14)17/h3-4,9,12,16H,5-8,10-11,19H2,1-2H3. The molecule has 5 heteroatoms. The lowest BCUT2D eigenvalue weighted by Crippen LogP contribution is -2.49. The molecule has 118 valence electrons. The van der Waals surface area contributed by atoms with E-state index in [0.29, 0.717) is 17.5 Å². The summed E-state index contributed by atoms with van der Waals surface area (Å²) in [6.45, 7) is 10.2. The van der Waals surface area contributed by atoms with E-state index in [2.05, 4.69) is 23.6 Å². The molecular weight excluding hydrogens is 289 g/mol. The summed E-state index contributed by atoms with van der Waals surface area (Å²) < 4.78 is 13.2. The van der Waals surface area contributed by atoms with Crippen LogP contribution in [0.25, 0.3) is 0 Å². The highest BCUT2D eigenvalue weighted by Gasteiger charge is 2.25. The molecule has 2 rings (SSSR count). The molecular formula is C16H25ClFN3. The van der Waals surface area contributed by atoms with Gasteiger partial charge in [0.25, 0.3) is 0 Å². The summed E-state index contributed by atoms with van der Waals surface area (Å²) in [5.74, 6) is 0.384. The minimum absolute atomic E-state index is 0.0688. The van der Waals surface area contributed by atoms with Gasteiger partial charge in [0, 0.05) is 50.3 Å². The van der Waals surface area contributed by atoms with E-state index in [0.717, 1.165) is 38.3 Å². The van der Waals surface area contributed by atoms with E-state index in [1.807, 2.05) is 0 Å². The number of benzene rings is 1. The Morgan fingerprint density at radius 1 is 1.24 bits per heavy atom. The van der Waals surface area contributed by atoms with E-state index in [1.54, 1.807) is 6.07 Å². The molecule has 21 heavy (non-hydrogen) atoms. The van der Waals surface area contributed by atoms with Crippen LogP contribution in [-0.2, 0) is 0 Å². The summed E-state index contributed by atoms with van der Waals surface area (Å²) in [5, 5.41) is 0.468. The normalized spacial score (nSPS) is 19.1. The van der Waals surface area contributed by atoms with Crippen LogP contribution in [0.3, 0.4) is 0 Å². The highest BCUT2D eigenvalue weighted by molar-refractivity contribution is 6.31. The Morgan fingerprint density at radius 2 is 1.90 bits per heavy atom. The quantitative estimate of drug-likeness (QED) is 0.907. The zero-order valence-corrected chi connectivity index (χ0v) is 13.6. The first-order valence-corrected chi connectivity index (χ1v) is 8.00. The summed E-state index contributed by atoms with van der Waals surface area (Å²) in [7, 11) is 0. The summed E-state index contributed by atoms with van der Waals surface area (Å²) in [4.78, 5) is 4.84. The first-order valence-electron chi connectivity index (χ1n) is 7.62. The molecule has 2 N–H and O–H groups in total. The predicted octanol–water partition coefficient (Wildman–Crippen LogP) is 2.75. The van der Waals surface area contributed by atoms with Crippen molar-refractivity contribution in [3.05, 3.63) is 34.6 Å². The molecule has 3 nitrogen and oxygen atoms in total. The Labute approximate surface area is 131 Å². The third-order valence-electron chi connectivity index (χ3n) is 4.02. The van der Waals surface area contributed by atoms with Gasteiger partial charge in [-0.3, -0.25) is 4.90 Å². The van der Waals surface area contributed by atoms with E-state index >= 15 is 0 Å². The second-order valence-electron chi connectivity index (χ2n) is 6.15. The fourth-order valence-corrected chi connectivity index (χ4v) is 3.31. The Bertz CT molecular complexity index is 459. The van der Waals surface area contributed by atoms with Crippen molar-refractivity contribution in [2.45, 2.75) is 19.9 Å². The molecule has 0 radical (unpaired) electrons. The third-order valence-corrected chi connectivity index (χ3v) is 4.34. The molecule has 1 unspecified atom stereocenters. The van der Waals surface area contributed by atoms with Crippen molar-refractivity contribution in [3.63, 3.8) is 0 Å². The molecule has 0 aliphatic carbocycles. The fourth-order valence-electron chi connectivity index (χ4n) is 3.02. The molecule has 1 fully saturated rings. The average Bonchev–Trinajstić information content (AvgIpc) is 2.43. The van der Waals surface area contributed by atoms with Crippen LogP contribution in [-0.4, -0.2) is 49.1 Å². The summed E-state index contributed by atoms with van der Waals surface area (Å²) in [6.07, 6.45) is 0. The fraction of sp³-hybridized carbons (Fsp3) is 0.625. The second kappa shape index (κ2) is 7.54. The maximum atomic E-state index is 13.2. The molecule has 0 amide bonds. The van der Waals surface area contributed by atoms with E-state index in [4.69, 9.17) is 17.3 Å². The second-order valence-corrected chi connectivity index (χ2v) is 6.55. The molecule has 1 saturated heterocycles. The molecule has 1 aromatic carbocycles. The van der Waals surface area contributed by atoms with Gasteiger partial charge < -0.3 is 10.6 Å². The van der Waals surface area contributed by atoms with Crippen molar-refractivity contribution >= 4 is 11.6 Å². The molecule has 0 bridgehead atoms. The minimum atomic E-state index is -0.304. The van der Waals surface area contributed by atoms with Crippen molar-refractivity contribution in [1.82, 2.24) is 9.80 Å². The molecule has 1 heterocycles. The molecule has 0 saturated carbocycles. The van der Waals surface area contributed by atoms with Crippen LogP contribution in [0.15, 0.2) is 18.2 Å². The Hall–Kier alpha value is -0.680. The number of rotatable bonds is 5. The topological polar surface area (TPSA) is 32.5 Å². The molecule has 1 aliphatic heterocycles. The Kier molecular flexibility index (Phi) is 5.99. The Morgan fingerprint density at radius 3 is 2.43 bits per heavy atom. The average molecular weight is 314 g/mol. The van der Waals surface area contributed by atoms with Gasteiger partial charge in [-0.05, 0) is 23.6 Å². The van der Waals surface area contributed by atoms with Gasteiger partial charge in [-0.2, -0.15) is 0 Å². The van der Waals surface area contributed by atoms with E-state index < -0.39 is 0 Å². The number of piperazine rings is 1. The summed E-state index contributed by atoms with van der Waals surface area (Å²) in [5.41, 5.74) is 6.88. The lowest BCUT2D eigenvalue weighted by atomic mass is 10.0. The van der Waals surface area contributed by atoms with Crippen LogP contribution in [0.1, 0.15) is 25.5 Å². The van der Waals surface area contributed by atoms with Crippen LogP contribution in [0.4, 0.5) is 4.39 Å². The minimum Gasteiger partial charge on any atom is -0.329 e. The third kappa shape index (κ3) is 4.39. The number of hydrogen-bond donors (Lipinski definition) is 1. The summed E-state index contributed by atoms with van der Waals surface area (Å²) in [6, 6.07) is 4.66. The largest absolute Gasteiger partial charge is 0.329 e.